The number of thioether (sulfide) groups is 1. The van der Waals surface area contributed by atoms with Gasteiger partial charge in [0.15, 0.2) is 4.87 Å². The summed E-state index contributed by atoms with van der Waals surface area (Å²) in [6.45, 7) is 0.523. The van der Waals surface area contributed by atoms with E-state index in [1.165, 1.54) is 17.8 Å². The minimum absolute atomic E-state index is 0.0838. The number of hydrogen-bond donors (Lipinski definition) is 0. The fourth-order valence-electron chi connectivity index (χ4n) is 4.41. The molecule has 0 saturated carbocycles. The first-order valence-electron chi connectivity index (χ1n) is 10.3. The van der Waals surface area contributed by atoms with Gasteiger partial charge in [-0.05, 0) is 36.4 Å². The number of nitrogens with zero attached hydrogens (tertiary/aromatic N) is 2. The zero-order valence-corrected chi connectivity index (χ0v) is 18.3. The van der Waals surface area contributed by atoms with Crippen LogP contribution in [0.4, 0.5) is 10.1 Å². The summed E-state index contributed by atoms with van der Waals surface area (Å²) < 4.78 is 19.9. The van der Waals surface area contributed by atoms with E-state index in [1.54, 1.807) is 65.4 Å². The van der Waals surface area contributed by atoms with Crippen LogP contribution in [-0.4, -0.2) is 36.1 Å². The Hall–Kier alpha value is -3.32. The standard InChI is InChI=1S/C25H21FN2O3S/c1-31-19-11-12-22-20(15-19)25(24(30)27(22)16-18-9-5-6-10-21(18)26)28(13-14-32-25)23(29)17-7-3-2-4-8-17/h2-12,15H,13-14,16H2,1H3. The Bertz CT molecular complexity index is 1200. The number of ether oxygens (including phenoxy) is 1. The Balaban J connectivity index is 1.63. The second-order valence-corrected chi connectivity index (χ2v) is 8.97. The number of halogens is 1. The third-order valence-electron chi connectivity index (χ3n) is 5.95. The van der Waals surface area contributed by atoms with Gasteiger partial charge in [0.1, 0.15) is 11.6 Å². The number of hydrogen-bond acceptors (Lipinski definition) is 4. The molecular formula is C25H21FN2O3S. The van der Waals surface area contributed by atoms with Crippen molar-refractivity contribution < 1.29 is 18.7 Å². The van der Waals surface area contributed by atoms with E-state index in [0.717, 1.165) is 0 Å². The number of amides is 2. The van der Waals surface area contributed by atoms with Gasteiger partial charge in [-0.3, -0.25) is 9.59 Å². The van der Waals surface area contributed by atoms with Crippen LogP contribution in [0.1, 0.15) is 21.5 Å². The summed E-state index contributed by atoms with van der Waals surface area (Å²) in [5.74, 6) is 0.409. The van der Waals surface area contributed by atoms with Gasteiger partial charge in [0.2, 0.25) is 0 Å². The molecule has 3 aromatic rings. The molecule has 1 fully saturated rings. The van der Waals surface area contributed by atoms with Crippen LogP contribution in [0.5, 0.6) is 5.75 Å². The normalized spacial score (nSPS) is 19.5. The van der Waals surface area contributed by atoms with Gasteiger partial charge in [0.05, 0.1) is 19.3 Å². The van der Waals surface area contributed by atoms with Crippen LogP contribution < -0.4 is 9.64 Å². The number of carbonyl (C=O) groups excluding carboxylic acids is 2. The minimum atomic E-state index is -1.21. The lowest BCUT2D eigenvalue weighted by atomic mass is 10.0. The number of fused-ring (bicyclic) bond motifs is 2. The summed E-state index contributed by atoms with van der Waals surface area (Å²) in [6, 6.07) is 20.8. The van der Waals surface area contributed by atoms with Gasteiger partial charge < -0.3 is 14.5 Å². The summed E-state index contributed by atoms with van der Waals surface area (Å²) >= 11 is 1.44. The van der Waals surface area contributed by atoms with Crippen LogP contribution in [-0.2, 0) is 16.2 Å². The molecule has 5 rings (SSSR count). The maximum atomic E-state index is 14.4. The SMILES string of the molecule is COc1ccc2c(c1)C1(SCCN1C(=O)c1ccccc1)C(=O)N2Cc1ccccc1F. The largest absolute Gasteiger partial charge is 0.497 e. The molecule has 2 heterocycles. The molecule has 3 aromatic carbocycles. The molecule has 1 unspecified atom stereocenters. The van der Waals surface area contributed by atoms with Gasteiger partial charge >= 0.3 is 0 Å². The molecular weight excluding hydrogens is 427 g/mol. The lowest BCUT2D eigenvalue weighted by Gasteiger charge is -2.33. The predicted octanol–water partition coefficient (Wildman–Crippen LogP) is 4.42. The van der Waals surface area contributed by atoms with Crippen molar-refractivity contribution in [2.45, 2.75) is 11.4 Å². The number of anilines is 1. The molecule has 0 aromatic heterocycles. The average Bonchev–Trinajstić information content (AvgIpc) is 3.37. The van der Waals surface area contributed by atoms with Crippen molar-refractivity contribution in [3.05, 3.63) is 95.3 Å². The second kappa shape index (κ2) is 7.98. The van der Waals surface area contributed by atoms with Crippen LogP contribution in [0.3, 0.4) is 0 Å². The lowest BCUT2D eigenvalue weighted by molar-refractivity contribution is -0.123. The van der Waals surface area contributed by atoms with Crippen molar-refractivity contribution in [3.63, 3.8) is 0 Å². The number of benzene rings is 3. The van der Waals surface area contributed by atoms with Gasteiger partial charge in [-0.15, -0.1) is 11.8 Å². The smallest absolute Gasteiger partial charge is 0.268 e. The Morgan fingerprint density at radius 2 is 1.84 bits per heavy atom. The zero-order chi connectivity index (χ0) is 22.3. The molecule has 2 amide bonds. The molecule has 2 aliphatic heterocycles. The summed E-state index contributed by atoms with van der Waals surface area (Å²) in [4.78, 5) is 29.5. The Morgan fingerprint density at radius 1 is 1.09 bits per heavy atom. The van der Waals surface area contributed by atoms with Crippen molar-refractivity contribution in [1.29, 1.82) is 0 Å². The third kappa shape index (κ3) is 3.07. The zero-order valence-electron chi connectivity index (χ0n) is 17.5. The highest BCUT2D eigenvalue weighted by molar-refractivity contribution is 8.01. The quantitative estimate of drug-likeness (QED) is 0.593. The summed E-state index contributed by atoms with van der Waals surface area (Å²) in [5, 5.41) is 0. The fourth-order valence-corrected chi connectivity index (χ4v) is 5.86. The van der Waals surface area contributed by atoms with Gasteiger partial charge in [-0.2, -0.15) is 0 Å². The maximum absolute atomic E-state index is 14.4. The van der Waals surface area contributed by atoms with E-state index in [1.807, 2.05) is 18.2 Å². The van der Waals surface area contributed by atoms with E-state index < -0.39 is 4.87 Å². The van der Waals surface area contributed by atoms with E-state index in [9.17, 15) is 14.0 Å². The maximum Gasteiger partial charge on any atom is 0.268 e. The van der Waals surface area contributed by atoms with E-state index in [-0.39, 0.29) is 24.2 Å². The molecule has 0 N–H and O–H groups in total. The van der Waals surface area contributed by atoms with Crippen molar-refractivity contribution >= 4 is 29.3 Å². The third-order valence-corrected chi connectivity index (χ3v) is 7.37. The fraction of sp³-hybridized carbons (Fsp3) is 0.200. The second-order valence-electron chi connectivity index (χ2n) is 7.68. The Kier molecular flexibility index (Phi) is 5.13. The first-order valence-corrected chi connectivity index (χ1v) is 11.3. The van der Waals surface area contributed by atoms with Crippen LogP contribution in [0.15, 0.2) is 72.8 Å². The molecule has 162 valence electrons. The number of methoxy groups -OCH3 is 1. The topological polar surface area (TPSA) is 49.9 Å². The minimum Gasteiger partial charge on any atom is -0.497 e. The molecule has 2 aliphatic rings. The highest BCUT2D eigenvalue weighted by Crippen LogP contribution is 2.55. The number of rotatable bonds is 4. The Morgan fingerprint density at radius 3 is 2.59 bits per heavy atom. The molecule has 0 aliphatic carbocycles. The summed E-state index contributed by atoms with van der Waals surface area (Å²) in [7, 11) is 1.57. The average molecular weight is 449 g/mol. The Labute approximate surface area is 189 Å². The highest BCUT2D eigenvalue weighted by atomic mass is 32.2. The summed E-state index contributed by atoms with van der Waals surface area (Å²) in [6.07, 6.45) is 0. The van der Waals surface area contributed by atoms with Gasteiger partial charge in [0, 0.05) is 29.0 Å². The molecule has 7 heteroatoms. The van der Waals surface area contributed by atoms with E-state index in [2.05, 4.69) is 0 Å². The number of carbonyl (C=O) groups is 2. The monoisotopic (exact) mass is 448 g/mol. The van der Waals surface area contributed by atoms with Gasteiger partial charge in [-0.25, -0.2) is 4.39 Å². The highest BCUT2D eigenvalue weighted by Gasteiger charge is 2.59. The van der Waals surface area contributed by atoms with Crippen LogP contribution in [0, 0.1) is 5.82 Å². The van der Waals surface area contributed by atoms with E-state index >= 15 is 0 Å². The molecule has 1 atom stereocenters. The lowest BCUT2D eigenvalue weighted by Crippen LogP contribution is -2.50. The van der Waals surface area contributed by atoms with Crippen molar-refractivity contribution in [2.75, 3.05) is 24.3 Å². The summed E-state index contributed by atoms with van der Waals surface area (Å²) in [5.41, 5.74) is 2.31. The van der Waals surface area contributed by atoms with Gasteiger partial charge in [-0.1, -0.05) is 36.4 Å². The molecule has 1 spiro atoms. The van der Waals surface area contributed by atoms with Crippen LogP contribution in [0.25, 0.3) is 0 Å². The molecule has 1 saturated heterocycles. The van der Waals surface area contributed by atoms with Crippen molar-refractivity contribution in [2.24, 2.45) is 0 Å². The first-order chi connectivity index (χ1) is 15.6. The molecule has 32 heavy (non-hydrogen) atoms. The van der Waals surface area contributed by atoms with Gasteiger partial charge in [0.25, 0.3) is 11.8 Å². The van der Waals surface area contributed by atoms with E-state index in [0.29, 0.717) is 40.4 Å². The molecule has 0 bridgehead atoms. The van der Waals surface area contributed by atoms with Crippen LogP contribution in [0.2, 0.25) is 0 Å². The first kappa shape index (κ1) is 20.6. The molecule has 0 radical (unpaired) electrons. The van der Waals surface area contributed by atoms with Crippen LogP contribution >= 0.6 is 11.8 Å². The van der Waals surface area contributed by atoms with Crippen molar-refractivity contribution in [1.82, 2.24) is 4.90 Å². The molecule has 5 nitrogen and oxygen atoms in total. The van der Waals surface area contributed by atoms with E-state index in [4.69, 9.17) is 4.74 Å². The predicted molar refractivity (Wildman–Crippen MR) is 122 cm³/mol. The van der Waals surface area contributed by atoms with Crippen molar-refractivity contribution in [3.8, 4) is 5.75 Å².